The molecule has 0 radical (unpaired) electrons. The van der Waals surface area contributed by atoms with Crippen LogP contribution in [0.1, 0.15) is 84.0 Å². The van der Waals surface area contributed by atoms with Crippen molar-refractivity contribution in [1.82, 2.24) is 0 Å². The zero-order chi connectivity index (χ0) is 34.6. The molecule has 5 rings (SSSR count). The fraction of sp³-hybridized carbons (Fsp3) is 0.657. The van der Waals surface area contributed by atoms with Crippen LogP contribution in [0.25, 0.3) is 11.1 Å². The van der Waals surface area contributed by atoms with Crippen molar-refractivity contribution in [2.45, 2.75) is 103 Å². The molecule has 3 aliphatic rings. The predicted octanol–water partition coefficient (Wildman–Crippen LogP) is 11.0. The molecule has 1 saturated heterocycles. The monoisotopic (exact) mass is 696 g/mol. The van der Waals surface area contributed by atoms with Crippen molar-refractivity contribution in [3.63, 3.8) is 0 Å². The van der Waals surface area contributed by atoms with E-state index < -0.39 is 70.6 Å². The molecule has 4 nitrogen and oxygen atoms in total. The first-order valence-corrected chi connectivity index (χ1v) is 16.8. The van der Waals surface area contributed by atoms with E-state index >= 15 is 8.78 Å². The number of unbranched alkanes of at least 4 members (excludes halogenated alkanes) is 2. The second kappa shape index (κ2) is 15.5. The van der Waals surface area contributed by atoms with Crippen LogP contribution in [0, 0.1) is 52.9 Å². The number of hydrogen-bond donors (Lipinski definition) is 0. The van der Waals surface area contributed by atoms with E-state index in [0.717, 1.165) is 5.92 Å². The van der Waals surface area contributed by atoms with Crippen LogP contribution in [-0.2, 0) is 9.47 Å². The van der Waals surface area contributed by atoms with Crippen LogP contribution in [0.15, 0.2) is 24.3 Å². The van der Waals surface area contributed by atoms with Gasteiger partial charge in [-0.15, -0.1) is 13.2 Å². The smallest absolute Gasteiger partial charge is 0.432 e. The molecule has 1 heterocycles. The highest BCUT2D eigenvalue weighted by Crippen LogP contribution is 2.44. The Morgan fingerprint density at radius 2 is 1.23 bits per heavy atom. The normalized spacial score (nSPS) is 27.1. The van der Waals surface area contributed by atoms with Gasteiger partial charge in [0.1, 0.15) is 17.4 Å². The maximum absolute atomic E-state index is 15.2. The highest BCUT2D eigenvalue weighted by Gasteiger charge is 2.46. The molecule has 0 amide bonds. The molecule has 2 aromatic rings. The summed E-state index contributed by atoms with van der Waals surface area (Å²) in [6.07, 6.45) is 1.17. The van der Waals surface area contributed by atoms with Crippen LogP contribution in [0.5, 0.6) is 11.5 Å². The maximum Gasteiger partial charge on any atom is 0.573 e. The van der Waals surface area contributed by atoms with Crippen LogP contribution < -0.4 is 9.47 Å². The quantitative estimate of drug-likeness (QED) is 0.173. The van der Waals surface area contributed by atoms with E-state index in [1.54, 1.807) is 0 Å². The van der Waals surface area contributed by atoms with Crippen molar-refractivity contribution in [2.24, 2.45) is 29.6 Å². The number of rotatable bonds is 11. The van der Waals surface area contributed by atoms with Gasteiger partial charge >= 0.3 is 12.5 Å². The molecule has 0 bridgehead atoms. The van der Waals surface area contributed by atoms with Gasteiger partial charge in [-0.25, -0.2) is 17.6 Å². The van der Waals surface area contributed by atoms with Crippen molar-refractivity contribution >= 4 is 0 Å². The van der Waals surface area contributed by atoms with Crippen molar-refractivity contribution in [1.29, 1.82) is 0 Å². The molecule has 1 aliphatic heterocycles. The summed E-state index contributed by atoms with van der Waals surface area (Å²) in [7, 11) is 0. The average Bonchev–Trinajstić information content (AvgIpc) is 3.02. The van der Waals surface area contributed by atoms with E-state index in [-0.39, 0.29) is 30.9 Å². The largest absolute Gasteiger partial charge is 0.573 e. The summed E-state index contributed by atoms with van der Waals surface area (Å²) in [4.78, 5) is 0. The molecule has 0 unspecified atom stereocenters. The van der Waals surface area contributed by atoms with E-state index in [0.29, 0.717) is 50.0 Å². The van der Waals surface area contributed by atoms with E-state index in [4.69, 9.17) is 14.2 Å². The summed E-state index contributed by atoms with van der Waals surface area (Å²) in [5.74, 6) is -9.06. The highest BCUT2D eigenvalue weighted by molar-refractivity contribution is 5.67. The first-order valence-electron chi connectivity index (χ1n) is 16.8. The van der Waals surface area contributed by atoms with Gasteiger partial charge in [-0.3, -0.25) is 0 Å². The number of benzene rings is 2. The minimum atomic E-state index is -5.42. The molecular formula is C35H41F9O4. The van der Waals surface area contributed by atoms with Crippen LogP contribution >= 0.6 is 0 Å². The van der Waals surface area contributed by atoms with E-state index in [9.17, 15) is 30.7 Å². The lowest BCUT2D eigenvalue weighted by Crippen LogP contribution is -2.43. The third kappa shape index (κ3) is 9.11. The highest BCUT2D eigenvalue weighted by atomic mass is 19.4. The minimum Gasteiger partial charge on any atom is -0.432 e. The van der Waals surface area contributed by atoms with Gasteiger partial charge in [-0.05, 0) is 68.1 Å². The number of hydrogen-bond acceptors (Lipinski definition) is 4. The van der Waals surface area contributed by atoms with Gasteiger partial charge in [0.15, 0.2) is 17.9 Å². The fourth-order valence-electron chi connectivity index (χ4n) is 7.48. The van der Waals surface area contributed by atoms with Gasteiger partial charge in [0, 0.05) is 24.0 Å². The van der Waals surface area contributed by atoms with Gasteiger partial charge < -0.3 is 18.9 Å². The Morgan fingerprint density at radius 1 is 0.667 bits per heavy atom. The molecule has 48 heavy (non-hydrogen) atoms. The Kier molecular flexibility index (Phi) is 11.8. The molecule has 2 aromatic carbocycles. The molecule has 2 aliphatic carbocycles. The molecule has 0 N–H and O–H groups in total. The Balaban J connectivity index is 1.11. The van der Waals surface area contributed by atoms with Gasteiger partial charge in [-0.1, -0.05) is 45.4 Å². The molecule has 0 aromatic heterocycles. The van der Waals surface area contributed by atoms with Gasteiger partial charge in [0.05, 0.1) is 24.7 Å². The summed E-state index contributed by atoms with van der Waals surface area (Å²) in [5.41, 5.74) is -1.86. The van der Waals surface area contributed by atoms with E-state index in [2.05, 4.69) is 11.7 Å². The predicted molar refractivity (Wildman–Crippen MR) is 158 cm³/mol. The second-order valence-electron chi connectivity index (χ2n) is 13.4. The van der Waals surface area contributed by atoms with Gasteiger partial charge in [0.25, 0.3) is 0 Å². The third-order valence-corrected chi connectivity index (χ3v) is 10.1. The third-order valence-electron chi connectivity index (χ3n) is 10.1. The zero-order valence-corrected chi connectivity index (χ0v) is 26.7. The second-order valence-corrected chi connectivity index (χ2v) is 13.4. The van der Waals surface area contributed by atoms with Crippen LogP contribution in [0.2, 0.25) is 0 Å². The topological polar surface area (TPSA) is 36.9 Å². The number of ether oxygens (including phenoxy) is 4. The number of halogens is 9. The molecule has 0 spiro atoms. The maximum atomic E-state index is 15.2. The van der Waals surface area contributed by atoms with Crippen LogP contribution in [0.4, 0.5) is 39.5 Å². The lowest BCUT2D eigenvalue weighted by Gasteiger charge is -2.41. The Bertz CT molecular complexity index is 1310. The minimum absolute atomic E-state index is 0.0559. The van der Waals surface area contributed by atoms with Crippen LogP contribution in [-0.4, -0.2) is 32.0 Å². The van der Waals surface area contributed by atoms with Crippen molar-refractivity contribution in [3.05, 3.63) is 47.5 Å². The molecule has 2 saturated carbocycles. The van der Waals surface area contributed by atoms with Gasteiger partial charge in [0.2, 0.25) is 5.75 Å². The van der Waals surface area contributed by atoms with Crippen molar-refractivity contribution < 1.29 is 58.5 Å². The molecule has 0 atom stereocenters. The lowest BCUT2D eigenvalue weighted by molar-refractivity contribution is -0.276. The Hall–Kier alpha value is -2.67. The van der Waals surface area contributed by atoms with Gasteiger partial charge in [-0.2, -0.15) is 8.78 Å². The summed E-state index contributed by atoms with van der Waals surface area (Å²) in [5, 5.41) is 0. The average molecular weight is 697 g/mol. The summed E-state index contributed by atoms with van der Waals surface area (Å²) in [6, 6.07) is 1.32. The standard InChI is InChI=1S/C35H41F9O4/c1-2-3-4-5-20-6-8-21(9-7-20)24-18-45-33(46-19-24)22-10-12-25(13-11-22)34(40,41)47-26-16-27(36)31(28(37)17-26)23-14-29(38)32(30(39)15-23)48-35(42,43)44/h14-17,20-22,24-25,33H,2-13,18-19H2,1H3. The molecule has 268 valence electrons. The Morgan fingerprint density at radius 3 is 1.77 bits per heavy atom. The summed E-state index contributed by atoms with van der Waals surface area (Å²) < 4.78 is 146. The van der Waals surface area contributed by atoms with E-state index in [1.807, 2.05) is 0 Å². The van der Waals surface area contributed by atoms with Crippen molar-refractivity contribution in [3.8, 4) is 22.6 Å². The molecule has 13 heteroatoms. The lowest BCUT2D eigenvalue weighted by atomic mass is 9.74. The van der Waals surface area contributed by atoms with Crippen molar-refractivity contribution in [2.75, 3.05) is 13.2 Å². The number of alkyl halides is 5. The van der Waals surface area contributed by atoms with E-state index in [1.165, 1.54) is 51.4 Å². The fourth-order valence-corrected chi connectivity index (χ4v) is 7.48. The molecule has 3 fully saturated rings. The first kappa shape index (κ1) is 36.6. The first-order chi connectivity index (χ1) is 22.7. The summed E-state index contributed by atoms with van der Waals surface area (Å²) >= 11 is 0. The SMILES string of the molecule is CCCCCC1CCC(C2COC(C3CCC(C(F)(F)Oc4cc(F)c(-c5cc(F)c(OC(F)(F)F)c(F)c5)c(F)c4)CC3)OC2)CC1. The Labute approximate surface area is 274 Å². The summed E-state index contributed by atoms with van der Waals surface area (Å²) in [6.45, 7) is 3.40. The zero-order valence-electron chi connectivity index (χ0n) is 26.7. The molecular weight excluding hydrogens is 655 g/mol. The van der Waals surface area contributed by atoms with Crippen LogP contribution in [0.3, 0.4) is 0 Å².